The molecule has 2 N–H and O–H groups in total. The zero-order valence-corrected chi connectivity index (χ0v) is 8.96. The van der Waals surface area contributed by atoms with E-state index in [1.165, 1.54) is 0 Å². The van der Waals surface area contributed by atoms with Crippen molar-refractivity contribution in [2.24, 2.45) is 0 Å². The van der Waals surface area contributed by atoms with E-state index in [-0.39, 0.29) is 11.5 Å². The summed E-state index contributed by atoms with van der Waals surface area (Å²) in [7, 11) is -7.58. The molecule has 0 spiro atoms. The van der Waals surface area contributed by atoms with Crippen LogP contribution < -0.4 is 0 Å². The van der Waals surface area contributed by atoms with E-state index in [0.717, 1.165) is 12.2 Å². The summed E-state index contributed by atoms with van der Waals surface area (Å²) in [4.78, 5) is 0. The summed E-state index contributed by atoms with van der Waals surface area (Å²) >= 11 is 0. The molecular formula is C6H12O6S2. The van der Waals surface area contributed by atoms with Crippen LogP contribution in [0.15, 0.2) is 25.3 Å². The molecular weight excluding hydrogens is 232 g/mol. The van der Waals surface area contributed by atoms with Gasteiger partial charge in [-0.2, -0.15) is 16.8 Å². The van der Waals surface area contributed by atoms with Gasteiger partial charge in [-0.25, -0.2) is 0 Å². The first-order valence-corrected chi connectivity index (χ1v) is 6.46. The third-order valence-corrected chi connectivity index (χ3v) is 1.97. The van der Waals surface area contributed by atoms with Crippen molar-refractivity contribution in [3.63, 3.8) is 0 Å². The summed E-state index contributed by atoms with van der Waals surface area (Å²) < 4.78 is 54.7. The minimum atomic E-state index is -3.79. The van der Waals surface area contributed by atoms with Crippen molar-refractivity contribution < 1.29 is 25.9 Å². The Morgan fingerprint density at radius 3 is 1.07 bits per heavy atom. The molecule has 0 amide bonds. The summed E-state index contributed by atoms with van der Waals surface area (Å²) in [5.74, 6) is -0.736. The lowest BCUT2D eigenvalue weighted by Gasteiger charge is -1.82. The lowest BCUT2D eigenvalue weighted by molar-refractivity contribution is 0.484. The monoisotopic (exact) mass is 244 g/mol. The van der Waals surface area contributed by atoms with Gasteiger partial charge in [-0.3, -0.25) is 9.11 Å². The first-order valence-electron chi connectivity index (χ1n) is 3.24. The van der Waals surface area contributed by atoms with Crippen molar-refractivity contribution in [3.05, 3.63) is 25.3 Å². The van der Waals surface area contributed by atoms with Crippen LogP contribution in [0.25, 0.3) is 0 Å². The largest absolute Gasteiger partial charge is 0.285 e. The van der Waals surface area contributed by atoms with Crippen LogP contribution in [0.1, 0.15) is 0 Å². The number of hydrogen-bond acceptors (Lipinski definition) is 4. The van der Waals surface area contributed by atoms with Crippen LogP contribution in [0.3, 0.4) is 0 Å². The highest BCUT2D eigenvalue weighted by Gasteiger charge is 1.96. The molecule has 0 aliphatic carbocycles. The van der Waals surface area contributed by atoms with Crippen molar-refractivity contribution in [2.45, 2.75) is 0 Å². The van der Waals surface area contributed by atoms with E-state index in [4.69, 9.17) is 9.11 Å². The van der Waals surface area contributed by atoms with Gasteiger partial charge in [0.05, 0.1) is 11.5 Å². The maximum absolute atomic E-state index is 9.72. The zero-order valence-electron chi connectivity index (χ0n) is 7.33. The quantitative estimate of drug-likeness (QED) is 0.537. The Morgan fingerprint density at radius 1 is 0.857 bits per heavy atom. The van der Waals surface area contributed by atoms with Crippen molar-refractivity contribution >= 4 is 20.2 Å². The van der Waals surface area contributed by atoms with Crippen molar-refractivity contribution in [2.75, 3.05) is 11.5 Å². The Morgan fingerprint density at radius 2 is 1.07 bits per heavy atom. The molecule has 6 nitrogen and oxygen atoms in total. The maximum Gasteiger partial charge on any atom is 0.268 e. The van der Waals surface area contributed by atoms with Gasteiger partial charge in [-0.1, -0.05) is 12.2 Å². The summed E-state index contributed by atoms with van der Waals surface area (Å²) in [5.41, 5.74) is 0. The van der Waals surface area contributed by atoms with Crippen LogP contribution in [-0.4, -0.2) is 37.4 Å². The molecule has 0 aromatic heterocycles. The third-order valence-electron chi connectivity index (χ3n) is 0.657. The Labute approximate surface area is 83.4 Å². The highest BCUT2D eigenvalue weighted by atomic mass is 32.2. The lowest BCUT2D eigenvalue weighted by atomic mass is 10.8. The molecule has 0 fully saturated rings. The van der Waals surface area contributed by atoms with Gasteiger partial charge < -0.3 is 0 Å². The van der Waals surface area contributed by atoms with Gasteiger partial charge in [-0.05, 0) is 0 Å². The maximum atomic E-state index is 9.72. The van der Waals surface area contributed by atoms with Crippen LogP contribution in [0.4, 0.5) is 0 Å². The van der Waals surface area contributed by atoms with Gasteiger partial charge in [0.15, 0.2) is 0 Å². The van der Waals surface area contributed by atoms with E-state index in [9.17, 15) is 16.8 Å². The fourth-order valence-electron chi connectivity index (χ4n) is 0.298. The molecule has 0 atom stereocenters. The average molecular weight is 244 g/mol. The van der Waals surface area contributed by atoms with Gasteiger partial charge in [0.1, 0.15) is 0 Å². The standard InChI is InChI=1S/2C3H6O3S/c2*1-2-3-7(4,5)6/h2*2H,1,3H2,(H,4,5,6). The van der Waals surface area contributed by atoms with Crippen molar-refractivity contribution in [1.82, 2.24) is 0 Å². The van der Waals surface area contributed by atoms with E-state index in [1.807, 2.05) is 0 Å². The number of hydrogen-bond donors (Lipinski definition) is 2. The first kappa shape index (κ1) is 15.8. The average Bonchev–Trinajstić information content (AvgIpc) is 1.81. The van der Waals surface area contributed by atoms with Gasteiger partial charge >= 0.3 is 0 Å². The van der Waals surface area contributed by atoms with Crippen molar-refractivity contribution in [1.29, 1.82) is 0 Å². The second-order valence-corrected chi connectivity index (χ2v) is 5.07. The van der Waals surface area contributed by atoms with E-state index in [2.05, 4.69) is 13.2 Å². The molecule has 8 heteroatoms. The molecule has 0 bridgehead atoms. The second kappa shape index (κ2) is 6.71. The summed E-state index contributed by atoms with van der Waals surface area (Å²) in [6.07, 6.45) is 2.24. The van der Waals surface area contributed by atoms with Gasteiger partial charge in [0.2, 0.25) is 0 Å². The fourth-order valence-corrected chi connectivity index (χ4v) is 0.894. The predicted octanol–water partition coefficient (Wildman–Crippen LogP) is 0.120. The Balaban J connectivity index is 0. The second-order valence-electron chi connectivity index (χ2n) is 2.07. The smallest absolute Gasteiger partial charge is 0.268 e. The molecule has 0 saturated heterocycles. The molecule has 0 aliphatic heterocycles. The Kier molecular flexibility index (Phi) is 7.55. The van der Waals surface area contributed by atoms with Gasteiger partial charge in [-0.15, -0.1) is 13.2 Å². The molecule has 0 aromatic carbocycles. The molecule has 0 unspecified atom stereocenters. The summed E-state index contributed by atoms with van der Waals surface area (Å²) in [5, 5.41) is 0. The minimum absolute atomic E-state index is 0.368. The van der Waals surface area contributed by atoms with E-state index >= 15 is 0 Å². The first-order chi connectivity index (χ1) is 6.12. The van der Waals surface area contributed by atoms with Crippen molar-refractivity contribution in [3.8, 4) is 0 Å². The molecule has 14 heavy (non-hydrogen) atoms. The summed E-state index contributed by atoms with van der Waals surface area (Å²) in [6.45, 7) is 6.21. The Hall–Kier alpha value is -0.700. The highest BCUT2D eigenvalue weighted by molar-refractivity contribution is 7.86. The normalized spacial score (nSPS) is 11.0. The minimum Gasteiger partial charge on any atom is -0.285 e. The fraction of sp³-hybridized carbons (Fsp3) is 0.333. The topological polar surface area (TPSA) is 109 Å². The summed E-state index contributed by atoms with van der Waals surface area (Å²) in [6, 6.07) is 0. The van der Waals surface area contributed by atoms with Crippen LogP contribution in [0.5, 0.6) is 0 Å². The van der Waals surface area contributed by atoms with E-state index in [0.29, 0.717) is 0 Å². The SMILES string of the molecule is C=CCS(=O)(=O)O.C=CCS(=O)(=O)O. The van der Waals surface area contributed by atoms with Crippen LogP contribution in [-0.2, 0) is 20.2 Å². The van der Waals surface area contributed by atoms with E-state index in [1.54, 1.807) is 0 Å². The number of rotatable bonds is 4. The third kappa shape index (κ3) is 22.5. The van der Waals surface area contributed by atoms with Gasteiger partial charge in [0, 0.05) is 0 Å². The van der Waals surface area contributed by atoms with Crippen LogP contribution >= 0.6 is 0 Å². The zero-order chi connectivity index (χ0) is 11.8. The molecule has 0 saturated carbocycles. The Bertz CT molecular complexity index is 325. The molecule has 0 aliphatic rings. The van der Waals surface area contributed by atoms with Crippen LogP contribution in [0, 0.1) is 0 Å². The lowest BCUT2D eigenvalue weighted by Crippen LogP contribution is -1.99. The molecule has 0 radical (unpaired) electrons. The highest BCUT2D eigenvalue weighted by Crippen LogP contribution is 1.78. The van der Waals surface area contributed by atoms with E-state index < -0.39 is 20.2 Å². The van der Waals surface area contributed by atoms with Gasteiger partial charge in [0.25, 0.3) is 20.2 Å². The molecule has 0 rings (SSSR count). The predicted molar refractivity (Wildman–Crippen MR) is 53.2 cm³/mol. The molecule has 0 heterocycles. The molecule has 0 aromatic rings. The molecule has 84 valence electrons. The van der Waals surface area contributed by atoms with Crippen LogP contribution in [0.2, 0.25) is 0 Å².